The molecule has 1 aliphatic heterocycles. The second-order valence-electron chi connectivity index (χ2n) is 4.66. The Labute approximate surface area is 116 Å². The standard InChI is InChI=1S/C14H19NO3S/c1-18-14(16)13(11-5-3-2-4-6-11)15-12-7-9-19(17)10-8-12/h2-6,12-13,15H,7-10H2,1H3. The zero-order valence-corrected chi connectivity index (χ0v) is 11.8. The van der Waals surface area contributed by atoms with Gasteiger partial charge in [0.2, 0.25) is 0 Å². The lowest BCUT2D eigenvalue weighted by Gasteiger charge is -2.27. The molecule has 1 N–H and O–H groups in total. The summed E-state index contributed by atoms with van der Waals surface area (Å²) < 4.78 is 16.2. The maximum absolute atomic E-state index is 11.9. The fourth-order valence-corrected chi connectivity index (χ4v) is 3.56. The maximum atomic E-state index is 11.9. The Morgan fingerprint density at radius 1 is 1.32 bits per heavy atom. The SMILES string of the molecule is COC(=O)C(NC1CCS(=O)CC1)c1ccccc1. The molecule has 0 amide bonds. The van der Waals surface area contributed by atoms with Crippen LogP contribution in [0.15, 0.2) is 30.3 Å². The van der Waals surface area contributed by atoms with Gasteiger partial charge in [-0.2, -0.15) is 0 Å². The fraction of sp³-hybridized carbons (Fsp3) is 0.500. The number of hydrogen-bond acceptors (Lipinski definition) is 4. The molecule has 0 spiro atoms. The maximum Gasteiger partial charge on any atom is 0.327 e. The molecule has 19 heavy (non-hydrogen) atoms. The van der Waals surface area contributed by atoms with Gasteiger partial charge in [0.15, 0.2) is 0 Å². The molecule has 5 heteroatoms. The topological polar surface area (TPSA) is 55.4 Å². The van der Waals surface area contributed by atoms with Crippen molar-refractivity contribution in [3.63, 3.8) is 0 Å². The molecule has 0 aromatic heterocycles. The first-order valence-corrected chi connectivity index (χ1v) is 7.93. The van der Waals surface area contributed by atoms with Crippen LogP contribution >= 0.6 is 0 Å². The van der Waals surface area contributed by atoms with E-state index < -0.39 is 16.8 Å². The number of carbonyl (C=O) groups excluding carboxylic acids is 1. The lowest BCUT2D eigenvalue weighted by atomic mass is 10.0. The number of carbonyl (C=O) groups is 1. The van der Waals surface area contributed by atoms with Crippen LogP contribution in [-0.4, -0.2) is 34.8 Å². The average molecular weight is 281 g/mol. The van der Waals surface area contributed by atoms with Gasteiger partial charge in [-0.25, -0.2) is 4.79 Å². The Bertz CT molecular complexity index is 439. The van der Waals surface area contributed by atoms with E-state index in [1.165, 1.54) is 7.11 Å². The second-order valence-corrected chi connectivity index (χ2v) is 6.35. The van der Waals surface area contributed by atoms with E-state index in [2.05, 4.69) is 5.32 Å². The normalized spacial score (nSPS) is 24.7. The van der Waals surface area contributed by atoms with Crippen molar-refractivity contribution in [3.05, 3.63) is 35.9 Å². The summed E-state index contributed by atoms with van der Waals surface area (Å²) in [5, 5.41) is 3.33. The van der Waals surface area contributed by atoms with Crippen LogP contribution in [0.3, 0.4) is 0 Å². The van der Waals surface area contributed by atoms with Gasteiger partial charge in [-0.3, -0.25) is 9.53 Å². The Balaban J connectivity index is 2.06. The third kappa shape index (κ3) is 3.88. The number of esters is 1. The van der Waals surface area contributed by atoms with Crippen molar-refractivity contribution in [1.82, 2.24) is 5.32 Å². The molecule has 1 saturated heterocycles. The molecule has 1 atom stereocenters. The summed E-state index contributed by atoms with van der Waals surface area (Å²) in [7, 11) is 0.710. The minimum Gasteiger partial charge on any atom is -0.468 e. The first-order valence-electron chi connectivity index (χ1n) is 6.44. The van der Waals surface area contributed by atoms with Crippen LogP contribution in [0.25, 0.3) is 0 Å². The Morgan fingerprint density at radius 3 is 2.53 bits per heavy atom. The van der Waals surface area contributed by atoms with Gasteiger partial charge in [0.05, 0.1) is 7.11 Å². The van der Waals surface area contributed by atoms with Crippen molar-refractivity contribution >= 4 is 16.8 Å². The molecular weight excluding hydrogens is 262 g/mol. The van der Waals surface area contributed by atoms with Crippen LogP contribution in [0.1, 0.15) is 24.4 Å². The predicted molar refractivity (Wildman–Crippen MR) is 75.2 cm³/mol. The predicted octanol–water partition coefficient (Wildman–Crippen LogP) is 1.40. The summed E-state index contributed by atoms with van der Waals surface area (Å²) in [6, 6.07) is 9.34. The average Bonchev–Trinajstić information content (AvgIpc) is 2.47. The van der Waals surface area contributed by atoms with Crippen LogP contribution in [0, 0.1) is 0 Å². The fourth-order valence-electron chi connectivity index (χ4n) is 2.26. The molecule has 2 rings (SSSR count). The van der Waals surface area contributed by atoms with Gasteiger partial charge < -0.3 is 4.74 Å². The molecule has 0 saturated carbocycles. The highest BCUT2D eigenvalue weighted by molar-refractivity contribution is 7.85. The van der Waals surface area contributed by atoms with Gasteiger partial charge in [-0.05, 0) is 18.4 Å². The smallest absolute Gasteiger partial charge is 0.327 e. The van der Waals surface area contributed by atoms with E-state index in [9.17, 15) is 9.00 Å². The Hall–Kier alpha value is -1.20. The minimum absolute atomic E-state index is 0.224. The molecule has 104 valence electrons. The molecule has 1 fully saturated rings. The number of methoxy groups -OCH3 is 1. The van der Waals surface area contributed by atoms with Crippen LogP contribution in [0.2, 0.25) is 0 Å². The van der Waals surface area contributed by atoms with E-state index >= 15 is 0 Å². The van der Waals surface area contributed by atoms with Gasteiger partial charge in [0.1, 0.15) is 6.04 Å². The van der Waals surface area contributed by atoms with Crippen molar-refractivity contribution in [2.24, 2.45) is 0 Å². The van der Waals surface area contributed by atoms with Gasteiger partial charge in [0.25, 0.3) is 0 Å². The van der Waals surface area contributed by atoms with Gasteiger partial charge in [0, 0.05) is 28.3 Å². The number of nitrogens with one attached hydrogen (secondary N) is 1. The molecule has 1 aliphatic rings. The summed E-state index contributed by atoms with van der Waals surface area (Å²) >= 11 is 0. The molecular formula is C14H19NO3S. The molecule has 1 aromatic rings. The van der Waals surface area contributed by atoms with Crippen LogP contribution < -0.4 is 5.32 Å². The Kier molecular flexibility index (Phi) is 5.10. The lowest BCUT2D eigenvalue weighted by Crippen LogP contribution is -2.41. The molecule has 0 bridgehead atoms. The zero-order valence-electron chi connectivity index (χ0n) is 11.0. The van der Waals surface area contributed by atoms with Gasteiger partial charge >= 0.3 is 5.97 Å². The first kappa shape index (κ1) is 14.2. The highest BCUT2D eigenvalue weighted by Gasteiger charge is 2.26. The van der Waals surface area contributed by atoms with Crippen molar-refractivity contribution in [2.45, 2.75) is 24.9 Å². The minimum atomic E-state index is -0.689. The highest BCUT2D eigenvalue weighted by atomic mass is 32.2. The zero-order chi connectivity index (χ0) is 13.7. The second kappa shape index (κ2) is 6.82. The molecule has 4 nitrogen and oxygen atoms in total. The van der Waals surface area contributed by atoms with E-state index in [0.717, 1.165) is 18.4 Å². The largest absolute Gasteiger partial charge is 0.468 e. The number of ether oxygens (including phenoxy) is 1. The number of hydrogen-bond donors (Lipinski definition) is 1. The summed E-state index contributed by atoms with van der Waals surface area (Å²) in [6.45, 7) is 0. The van der Waals surface area contributed by atoms with Crippen LogP contribution in [0.4, 0.5) is 0 Å². The van der Waals surface area contributed by atoms with E-state index in [1.807, 2.05) is 30.3 Å². The quantitative estimate of drug-likeness (QED) is 0.848. The van der Waals surface area contributed by atoms with Crippen LogP contribution in [-0.2, 0) is 20.3 Å². The van der Waals surface area contributed by atoms with Crippen molar-refractivity contribution in [1.29, 1.82) is 0 Å². The van der Waals surface area contributed by atoms with Crippen molar-refractivity contribution < 1.29 is 13.7 Å². The van der Waals surface area contributed by atoms with Crippen LogP contribution in [0.5, 0.6) is 0 Å². The molecule has 0 radical (unpaired) electrons. The number of benzene rings is 1. The van der Waals surface area contributed by atoms with E-state index in [0.29, 0.717) is 11.5 Å². The molecule has 0 aliphatic carbocycles. The van der Waals surface area contributed by atoms with Crippen molar-refractivity contribution in [3.8, 4) is 0 Å². The third-order valence-electron chi connectivity index (χ3n) is 3.36. The molecule has 1 heterocycles. The first-order chi connectivity index (χ1) is 9.20. The van der Waals surface area contributed by atoms with E-state index in [4.69, 9.17) is 4.74 Å². The molecule has 1 unspecified atom stereocenters. The summed E-state index contributed by atoms with van der Waals surface area (Å²) in [5.41, 5.74) is 0.904. The Morgan fingerprint density at radius 2 is 1.95 bits per heavy atom. The number of rotatable bonds is 4. The third-order valence-corrected chi connectivity index (χ3v) is 4.74. The highest BCUT2D eigenvalue weighted by Crippen LogP contribution is 2.18. The van der Waals surface area contributed by atoms with Gasteiger partial charge in [-0.1, -0.05) is 30.3 Å². The lowest BCUT2D eigenvalue weighted by molar-refractivity contribution is -0.143. The van der Waals surface area contributed by atoms with E-state index in [1.54, 1.807) is 0 Å². The van der Waals surface area contributed by atoms with E-state index in [-0.39, 0.29) is 12.0 Å². The molecule has 1 aromatic carbocycles. The monoisotopic (exact) mass is 281 g/mol. The van der Waals surface area contributed by atoms with Gasteiger partial charge in [-0.15, -0.1) is 0 Å². The summed E-state index contributed by atoms with van der Waals surface area (Å²) in [4.78, 5) is 11.9. The summed E-state index contributed by atoms with van der Waals surface area (Å²) in [6.07, 6.45) is 1.68. The van der Waals surface area contributed by atoms with Crippen molar-refractivity contribution in [2.75, 3.05) is 18.6 Å². The summed E-state index contributed by atoms with van der Waals surface area (Å²) in [5.74, 6) is 1.14.